The molecule has 0 saturated carbocycles. The maximum Gasteiger partial charge on any atom is 0.347 e. The van der Waals surface area contributed by atoms with Gasteiger partial charge in [-0.1, -0.05) is 30.3 Å². The second-order valence-corrected chi connectivity index (χ2v) is 5.84. The number of ketones is 2. The van der Waals surface area contributed by atoms with E-state index < -0.39 is 5.63 Å². The van der Waals surface area contributed by atoms with E-state index in [0.29, 0.717) is 11.1 Å². The van der Waals surface area contributed by atoms with Gasteiger partial charge in [0.05, 0.1) is 0 Å². The molecule has 0 bridgehead atoms. The van der Waals surface area contributed by atoms with Crippen LogP contribution in [0.4, 0.5) is 0 Å². The molecule has 0 unspecified atom stereocenters. The van der Waals surface area contributed by atoms with E-state index in [1.165, 1.54) is 13.8 Å². The van der Waals surface area contributed by atoms with Crippen LogP contribution in [0.5, 0.6) is 0 Å². The van der Waals surface area contributed by atoms with Crippen LogP contribution in [-0.4, -0.2) is 11.6 Å². The molecule has 3 aromatic rings. The van der Waals surface area contributed by atoms with Crippen LogP contribution < -0.4 is 5.63 Å². The van der Waals surface area contributed by atoms with Crippen LogP contribution in [0.2, 0.25) is 0 Å². The molecule has 1 heterocycles. The first-order valence-electron chi connectivity index (χ1n) is 7.57. The molecule has 1 aromatic heterocycles. The first-order chi connectivity index (χ1) is 11.4. The number of fused-ring (bicyclic) bond motifs is 1. The Hall–Kier alpha value is -3.01. The SMILES string of the molecule is CC(=O)c1ccc(-c2cc(C)c3cc(C(C)=O)c(=O)oc3c2)cc1. The Morgan fingerprint density at radius 1 is 0.875 bits per heavy atom. The molecule has 3 rings (SSSR count). The molecule has 0 aliphatic carbocycles. The predicted molar refractivity (Wildman–Crippen MR) is 92.7 cm³/mol. The van der Waals surface area contributed by atoms with E-state index in [4.69, 9.17) is 4.42 Å². The lowest BCUT2D eigenvalue weighted by Gasteiger charge is -2.08. The smallest absolute Gasteiger partial charge is 0.347 e. The molecule has 4 nitrogen and oxygen atoms in total. The lowest BCUT2D eigenvalue weighted by Crippen LogP contribution is -2.11. The molecule has 0 atom stereocenters. The molecule has 0 amide bonds. The van der Waals surface area contributed by atoms with E-state index in [2.05, 4.69) is 0 Å². The second kappa shape index (κ2) is 5.89. The van der Waals surface area contributed by atoms with Crippen LogP contribution in [0.3, 0.4) is 0 Å². The molecular formula is C20H16O4. The van der Waals surface area contributed by atoms with Crippen molar-refractivity contribution in [3.63, 3.8) is 0 Å². The van der Waals surface area contributed by atoms with Crippen LogP contribution in [0.1, 0.15) is 40.1 Å². The highest BCUT2D eigenvalue weighted by Gasteiger charge is 2.12. The standard InChI is InChI=1S/C20H16O4/c1-11-8-16(15-6-4-14(5-7-15)12(2)21)9-19-17(11)10-18(13(3)22)20(23)24-19/h4-10H,1-3H3. The van der Waals surface area contributed by atoms with Gasteiger partial charge in [0.2, 0.25) is 0 Å². The third kappa shape index (κ3) is 2.78. The summed E-state index contributed by atoms with van der Waals surface area (Å²) in [7, 11) is 0. The van der Waals surface area contributed by atoms with Gasteiger partial charge in [-0.3, -0.25) is 9.59 Å². The Balaban J connectivity index is 2.17. The highest BCUT2D eigenvalue weighted by atomic mass is 16.4. The molecule has 24 heavy (non-hydrogen) atoms. The average Bonchev–Trinajstić information content (AvgIpc) is 2.53. The zero-order chi connectivity index (χ0) is 17.4. The minimum atomic E-state index is -0.626. The number of carbonyl (C=O) groups is 2. The molecule has 2 aromatic carbocycles. The van der Waals surface area contributed by atoms with E-state index in [1.54, 1.807) is 24.3 Å². The first kappa shape index (κ1) is 15.9. The molecule has 0 aliphatic heterocycles. The Kier molecular flexibility index (Phi) is 3.89. The summed E-state index contributed by atoms with van der Waals surface area (Å²) in [5.41, 5.74) is 3.23. The van der Waals surface area contributed by atoms with Gasteiger partial charge in [-0.25, -0.2) is 4.79 Å². The van der Waals surface area contributed by atoms with Crippen LogP contribution in [0.25, 0.3) is 22.1 Å². The lowest BCUT2D eigenvalue weighted by atomic mass is 9.98. The van der Waals surface area contributed by atoms with Gasteiger partial charge in [0.15, 0.2) is 11.6 Å². The maximum absolute atomic E-state index is 11.9. The summed E-state index contributed by atoms with van der Waals surface area (Å²) in [5, 5.41) is 0.740. The number of hydrogen-bond donors (Lipinski definition) is 0. The molecule has 0 aliphatic rings. The fraction of sp³-hybridized carbons (Fsp3) is 0.150. The van der Waals surface area contributed by atoms with Crippen molar-refractivity contribution < 1.29 is 14.0 Å². The van der Waals surface area contributed by atoms with E-state index in [1.807, 2.05) is 25.1 Å². The Morgan fingerprint density at radius 2 is 1.54 bits per heavy atom. The van der Waals surface area contributed by atoms with Crippen molar-refractivity contribution in [3.8, 4) is 11.1 Å². The number of aryl methyl sites for hydroxylation is 1. The number of benzene rings is 2. The topological polar surface area (TPSA) is 64.3 Å². The highest BCUT2D eigenvalue weighted by molar-refractivity contribution is 5.98. The van der Waals surface area contributed by atoms with Crippen molar-refractivity contribution in [3.05, 3.63) is 69.6 Å². The number of hydrogen-bond acceptors (Lipinski definition) is 4. The summed E-state index contributed by atoms with van der Waals surface area (Å²) in [6.45, 7) is 4.77. The molecule has 0 spiro atoms. The fourth-order valence-electron chi connectivity index (χ4n) is 2.70. The highest BCUT2D eigenvalue weighted by Crippen LogP contribution is 2.27. The normalized spacial score (nSPS) is 10.8. The summed E-state index contributed by atoms with van der Waals surface area (Å²) in [5.74, 6) is -0.298. The summed E-state index contributed by atoms with van der Waals surface area (Å²) < 4.78 is 5.33. The van der Waals surface area contributed by atoms with Crippen LogP contribution in [0.15, 0.2) is 51.7 Å². The monoisotopic (exact) mass is 320 g/mol. The fourth-order valence-corrected chi connectivity index (χ4v) is 2.70. The summed E-state index contributed by atoms with van der Waals surface area (Å²) in [6.07, 6.45) is 0. The number of Topliss-reactive ketones (excluding diaryl/α,β-unsaturated/α-hetero) is 2. The van der Waals surface area contributed by atoms with Gasteiger partial charge >= 0.3 is 5.63 Å². The van der Waals surface area contributed by atoms with E-state index in [9.17, 15) is 14.4 Å². The van der Waals surface area contributed by atoms with Crippen LogP contribution in [-0.2, 0) is 0 Å². The Bertz CT molecular complexity index is 1020. The second-order valence-electron chi connectivity index (χ2n) is 5.84. The van der Waals surface area contributed by atoms with Crippen molar-refractivity contribution in [2.24, 2.45) is 0 Å². The van der Waals surface area contributed by atoms with Gasteiger partial charge in [0.25, 0.3) is 0 Å². The largest absolute Gasteiger partial charge is 0.422 e. The number of rotatable bonds is 3. The molecule has 0 N–H and O–H groups in total. The van der Waals surface area contributed by atoms with Crippen molar-refractivity contribution in [2.75, 3.05) is 0 Å². The Labute approximate surface area is 138 Å². The molecule has 0 saturated heterocycles. The minimum absolute atomic E-state index is 0.0130. The van der Waals surface area contributed by atoms with Gasteiger partial charge < -0.3 is 4.42 Å². The van der Waals surface area contributed by atoms with E-state index in [0.717, 1.165) is 22.1 Å². The van der Waals surface area contributed by atoms with Gasteiger partial charge in [0, 0.05) is 10.9 Å². The number of carbonyl (C=O) groups excluding carboxylic acids is 2. The van der Waals surface area contributed by atoms with Crippen molar-refractivity contribution in [2.45, 2.75) is 20.8 Å². The molecule has 120 valence electrons. The van der Waals surface area contributed by atoms with Gasteiger partial charge in [-0.15, -0.1) is 0 Å². The lowest BCUT2D eigenvalue weighted by molar-refractivity contribution is 0.100. The third-order valence-electron chi connectivity index (χ3n) is 4.06. The maximum atomic E-state index is 11.9. The van der Waals surface area contributed by atoms with Crippen LogP contribution in [0, 0.1) is 6.92 Å². The van der Waals surface area contributed by atoms with Crippen molar-refractivity contribution >= 4 is 22.5 Å². The molecular weight excluding hydrogens is 304 g/mol. The summed E-state index contributed by atoms with van der Waals surface area (Å²) >= 11 is 0. The zero-order valence-electron chi connectivity index (χ0n) is 13.7. The zero-order valence-corrected chi connectivity index (χ0v) is 13.7. The first-order valence-corrected chi connectivity index (χ1v) is 7.57. The molecule has 0 radical (unpaired) electrons. The van der Waals surface area contributed by atoms with Crippen LogP contribution >= 0.6 is 0 Å². The molecule has 4 heteroatoms. The van der Waals surface area contributed by atoms with Gasteiger partial charge in [-0.2, -0.15) is 0 Å². The van der Waals surface area contributed by atoms with E-state index in [-0.39, 0.29) is 17.1 Å². The molecule has 0 fully saturated rings. The third-order valence-corrected chi connectivity index (χ3v) is 4.06. The Morgan fingerprint density at radius 3 is 2.12 bits per heavy atom. The average molecular weight is 320 g/mol. The summed E-state index contributed by atoms with van der Waals surface area (Å²) in [6, 6.07) is 12.6. The van der Waals surface area contributed by atoms with Crippen molar-refractivity contribution in [1.29, 1.82) is 0 Å². The van der Waals surface area contributed by atoms with Gasteiger partial charge in [-0.05, 0) is 49.6 Å². The van der Waals surface area contributed by atoms with E-state index >= 15 is 0 Å². The minimum Gasteiger partial charge on any atom is -0.422 e. The quantitative estimate of drug-likeness (QED) is 0.536. The summed E-state index contributed by atoms with van der Waals surface area (Å²) in [4.78, 5) is 34.8. The van der Waals surface area contributed by atoms with Crippen molar-refractivity contribution in [1.82, 2.24) is 0 Å². The van der Waals surface area contributed by atoms with Gasteiger partial charge in [0.1, 0.15) is 11.1 Å². The predicted octanol–water partition coefficient (Wildman–Crippen LogP) is 4.17.